The number of halogens is 1. The summed E-state index contributed by atoms with van der Waals surface area (Å²) in [6.45, 7) is 8.36. The molecule has 0 atom stereocenters. The number of piperazine rings is 1. The zero-order valence-electron chi connectivity index (χ0n) is 20.9. The lowest BCUT2D eigenvalue weighted by molar-refractivity contribution is -0.131. The Morgan fingerprint density at radius 3 is 2.22 bits per heavy atom. The van der Waals surface area contributed by atoms with Gasteiger partial charge in [-0.25, -0.2) is 8.42 Å². The molecule has 0 radical (unpaired) electrons. The van der Waals surface area contributed by atoms with Crippen LogP contribution in [0.5, 0.6) is 0 Å². The molecule has 1 heterocycles. The first-order valence-corrected chi connectivity index (χ1v) is 13.9. The molecule has 1 amide bonds. The monoisotopic (exact) mass is 525 g/mol. The van der Waals surface area contributed by atoms with E-state index in [9.17, 15) is 13.2 Å². The molecule has 8 heteroatoms. The molecule has 6 nitrogen and oxygen atoms in total. The summed E-state index contributed by atoms with van der Waals surface area (Å²) >= 11 is 6.35. The summed E-state index contributed by atoms with van der Waals surface area (Å²) in [6, 6.07) is 20.1. The maximum absolute atomic E-state index is 13.6. The molecule has 1 saturated heterocycles. The molecule has 0 aromatic heterocycles. The summed E-state index contributed by atoms with van der Waals surface area (Å²) in [5.74, 6) is -0.210. The highest BCUT2D eigenvalue weighted by atomic mass is 35.5. The lowest BCUT2D eigenvalue weighted by Gasteiger charge is -2.37. The number of hydrogen-bond donors (Lipinski definition) is 0. The molecule has 0 spiro atoms. The third kappa shape index (κ3) is 5.75. The summed E-state index contributed by atoms with van der Waals surface area (Å²) < 4.78 is 28.4. The Balaban J connectivity index is 1.52. The van der Waals surface area contributed by atoms with Gasteiger partial charge in [0, 0.05) is 43.4 Å². The third-order valence-corrected chi connectivity index (χ3v) is 9.00. The third-order valence-electron chi connectivity index (χ3n) is 6.82. The normalized spacial score (nSPS) is 14.4. The van der Waals surface area contributed by atoms with E-state index in [1.807, 2.05) is 13.0 Å². The van der Waals surface area contributed by atoms with E-state index in [4.69, 9.17) is 11.6 Å². The Bertz CT molecular complexity index is 1330. The highest BCUT2D eigenvalue weighted by Gasteiger charge is 2.30. The van der Waals surface area contributed by atoms with Crippen molar-refractivity contribution in [3.05, 3.63) is 94.0 Å². The largest absolute Gasteiger partial charge is 0.368 e. The fraction of sp³-hybridized carbons (Fsp3) is 0.321. The number of aryl methyl sites for hydroxylation is 2. The van der Waals surface area contributed by atoms with Gasteiger partial charge in [0.25, 0.3) is 0 Å². The van der Waals surface area contributed by atoms with E-state index in [0.717, 1.165) is 5.56 Å². The van der Waals surface area contributed by atoms with Crippen molar-refractivity contribution in [2.45, 2.75) is 32.2 Å². The van der Waals surface area contributed by atoms with Gasteiger partial charge < -0.3 is 9.80 Å². The molecular weight excluding hydrogens is 494 g/mol. The molecule has 0 aliphatic carbocycles. The molecule has 0 unspecified atom stereocenters. The van der Waals surface area contributed by atoms with Crippen LogP contribution in [0.4, 0.5) is 5.69 Å². The topological polar surface area (TPSA) is 60.9 Å². The van der Waals surface area contributed by atoms with Gasteiger partial charge in [-0.15, -0.1) is 0 Å². The minimum absolute atomic E-state index is 0.0179. The molecule has 1 aliphatic heterocycles. The molecule has 1 aliphatic rings. The lowest BCUT2D eigenvalue weighted by Crippen LogP contribution is -2.52. The number of rotatable bonds is 7. The molecule has 3 aromatic rings. The van der Waals surface area contributed by atoms with E-state index in [1.54, 1.807) is 47.4 Å². The first-order valence-electron chi connectivity index (χ1n) is 12.1. The average Bonchev–Trinajstić information content (AvgIpc) is 2.87. The van der Waals surface area contributed by atoms with Gasteiger partial charge in [0.05, 0.1) is 11.4 Å². The fourth-order valence-corrected chi connectivity index (χ4v) is 5.99. The molecule has 36 heavy (non-hydrogen) atoms. The second-order valence-electron chi connectivity index (χ2n) is 9.26. The van der Waals surface area contributed by atoms with E-state index in [0.29, 0.717) is 36.8 Å². The van der Waals surface area contributed by atoms with E-state index in [1.165, 1.54) is 21.1 Å². The Morgan fingerprint density at radius 1 is 0.889 bits per heavy atom. The van der Waals surface area contributed by atoms with Crippen molar-refractivity contribution in [3.8, 4) is 0 Å². The zero-order chi connectivity index (χ0) is 25.9. The smallest absolute Gasteiger partial charge is 0.243 e. The molecule has 0 N–H and O–H groups in total. The van der Waals surface area contributed by atoms with E-state index in [-0.39, 0.29) is 23.9 Å². The number of amides is 1. The van der Waals surface area contributed by atoms with Crippen LogP contribution in [0.25, 0.3) is 0 Å². The van der Waals surface area contributed by atoms with Crippen LogP contribution in [0, 0.1) is 20.8 Å². The summed E-state index contributed by atoms with van der Waals surface area (Å²) in [5, 5.41) is 0.469. The van der Waals surface area contributed by atoms with E-state index in [2.05, 4.69) is 36.9 Å². The van der Waals surface area contributed by atoms with Crippen LogP contribution in [-0.4, -0.2) is 56.3 Å². The van der Waals surface area contributed by atoms with Crippen LogP contribution in [-0.2, 0) is 21.4 Å². The summed E-state index contributed by atoms with van der Waals surface area (Å²) in [4.78, 5) is 17.6. The van der Waals surface area contributed by atoms with Gasteiger partial charge in [-0.05, 0) is 61.7 Å². The van der Waals surface area contributed by atoms with Gasteiger partial charge >= 0.3 is 0 Å². The van der Waals surface area contributed by atoms with Crippen LogP contribution in [0.3, 0.4) is 0 Å². The molecule has 0 saturated carbocycles. The van der Waals surface area contributed by atoms with Crippen LogP contribution in [0.1, 0.15) is 22.3 Å². The summed E-state index contributed by atoms with van der Waals surface area (Å²) in [5.41, 5.74) is 5.28. The highest BCUT2D eigenvalue weighted by molar-refractivity contribution is 7.89. The summed E-state index contributed by atoms with van der Waals surface area (Å²) in [6.07, 6.45) is 0. The first kappa shape index (κ1) is 26.2. The molecule has 190 valence electrons. The molecule has 0 bridgehead atoms. The minimum atomic E-state index is -3.91. The van der Waals surface area contributed by atoms with Crippen LogP contribution in [0.15, 0.2) is 71.6 Å². The van der Waals surface area contributed by atoms with Gasteiger partial charge in [-0.1, -0.05) is 59.6 Å². The Labute approximate surface area is 219 Å². The molecule has 4 rings (SSSR count). The van der Waals surface area contributed by atoms with Crippen molar-refractivity contribution >= 4 is 33.2 Å². The fourth-order valence-electron chi connectivity index (χ4n) is 4.43. The molecule has 1 fully saturated rings. The van der Waals surface area contributed by atoms with Crippen LogP contribution < -0.4 is 4.90 Å². The standard InChI is InChI=1S/C28H32ClN3O3S/c1-21-11-13-25(14-12-21)36(34,35)32(19-24-8-4-5-9-26(24)29)20-28(33)31-17-15-30(16-18-31)27-10-6-7-22(2)23(27)3/h4-14H,15-20H2,1-3H3. The number of sulfonamides is 1. The second-order valence-corrected chi connectivity index (χ2v) is 11.6. The highest BCUT2D eigenvalue weighted by Crippen LogP contribution is 2.25. The SMILES string of the molecule is Cc1ccc(S(=O)(=O)N(CC(=O)N2CCN(c3cccc(C)c3C)CC2)Cc2ccccc2Cl)cc1. The number of carbonyl (C=O) groups is 1. The first-order chi connectivity index (χ1) is 17.2. The van der Waals surface area contributed by atoms with Gasteiger partial charge in [0.1, 0.15) is 0 Å². The predicted octanol–water partition coefficient (Wildman–Crippen LogP) is 4.80. The van der Waals surface area contributed by atoms with Crippen molar-refractivity contribution in [2.75, 3.05) is 37.6 Å². The number of anilines is 1. The molecular formula is C28H32ClN3O3S. The van der Waals surface area contributed by atoms with Crippen LogP contribution >= 0.6 is 11.6 Å². The van der Waals surface area contributed by atoms with Gasteiger partial charge in [0.2, 0.25) is 15.9 Å². The number of hydrogen-bond acceptors (Lipinski definition) is 4. The lowest BCUT2D eigenvalue weighted by atomic mass is 10.1. The zero-order valence-corrected chi connectivity index (χ0v) is 22.5. The predicted molar refractivity (Wildman–Crippen MR) is 145 cm³/mol. The maximum atomic E-state index is 13.6. The van der Waals surface area contributed by atoms with Crippen molar-refractivity contribution in [3.63, 3.8) is 0 Å². The summed E-state index contributed by atoms with van der Waals surface area (Å²) in [7, 11) is -3.91. The Morgan fingerprint density at radius 2 is 1.56 bits per heavy atom. The van der Waals surface area contributed by atoms with Crippen molar-refractivity contribution in [1.82, 2.24) is 9.21 Å². The average molecular weight is 526 g/mol. The van der Waals surface area contributed by atoms with Crippen molar-refractivity contribution in [1.29, 1.82) is 0 Å². The van der Waals surface area contributed by atoms with Crippen LogP contribution in [0.2, 0.25) is 5.02 Å². The van der Waals surface area contributed by atoms with Gasteiger partial charge in [-0.2, -0.15) is 4.31 Å². The van der Waals surface area contributed by atoms with Crippen molar-refractivity contribution < 1.29 is 13.2 Å². The van der Waals surface area contributed by atoms with E-state index < -0.39 is 10.0 Å². The molecule has 3 aromatic carbocycles. The number of benzene rings is 3. The Hall–Kier alpha value is -2.87. The number of carbonyl (C=O) groups excluding carboxylic acids is 1. The second kappa shape index (κ2) is 11.0. The van der Waals surface area contributed by atoms with E-state index >= 15 is 0 Å². The van der Waals surface area contributed by atoms with Crippen molar-refractivity contribution in [2.24, 2.45) is 0 Å². The van der Waals surface area contributed by atoms with Gasteiger partial charge in [0.15, 0.2) is 0 Å². The quantitative estimate of drug-likeness (QED) is 0.444. The Kier molecular flexibility index (Phi) is 8.03. The van der Waals surface area contributed by atoms with Gasteiger partial charge in [-0.3, -0.25) is 4.79 Å². The number of nitrogens with zero attached hydrogens (tertiary/aromatic N) is 3. The minimum Gasteiger partial charge on any atom is -0.368 e. The maximum Gasteiger partial charge on any atom is 0.243 e.